The summed E-state index contributed by atoms with van der Waals surface area (Å²) in [5, 5.41) is 0. The van der Waals surface area contributed by atoms with Crippen molar-refractivity contribution in [2.45, 2.75) is 24.4 Å². The van der Waals surface area contributed by atoms with Crippen molar-refractivity contribution in [1.29, 1.82) is 0 Å². The lowest BCUT2D eigenvalue weighted by Crippen LogP contribution is -2.25. The average molecular weight is 294 g/mol. The van der Waals surface area contributed by atoms with E-state index in [-0.39, 0.29) is 17.5 Å². The summed E-state index contributed by atoms with van der Waals surface area (Å²) in [5.41, 5.74) is 6.55. The summed E-state index contributed by atoms with van der Waals surface area (Å²) < 4.78 is 28.7. The fourth-order valence-electron chi connectivity index (χ4n) is 1.77. The van der Waals surface area contributed by atoms with Gasteiger partial charge in [-0.15, -0.1) is 0 Å². The number of hydrogen-bond donors (Lipinski definition) is 2. The van der Waals surface area contributed by atoms with Crippen LogP contribution in [0.25, 0.3) is 0 Å². The van der Waals surface area contributed by atoms with Crippen molar-refractivity contribution in [3.05, 3.63) is 48.0 Å². The standard InChI is InChI=1S/C13H18N4O2S/c1-10(14)11-4-3-5-12(8-11)20(18,19)16-9-13-15-6-7-17(13)2/h3-8,10,16H,9,14H2,1-2H3. The number of nitrogens with two attached hydrogens (primary N) is 1. The summed E-state index contributed by atoms with van der Waals surface area (Å²) >= 11 is 0. The Kier molecular flexibility index (Phi) is 4.22. The Balaban J connectivity index is 2.18. The minimum absolute atomic E-state index is 0.147. The molecule has 0 saturated carbocycles. The van der Waals surface area contributed by atoms with E-state index in [1.807, 2.05) is 20.0 Å². The van der Waals surface area contributed by atoms with E-state index in [0.29, 0.717) is 5.82 Å². The highest BCUT2D eigenvalue weighted by molar-refractivity contribution is 7.89. The van der Waals surface area contributed by atoms with Crippen molar-refractivity contribution in [2.24, 2.45) is 12.8 Å². The van der Waals surface area contributed by atoms with Gasteiger partial charge in [-0.05, 0) is 24.6 Å². The zero-order valence-electron chi connectivity index (χ0n) is 11.4. The van der Waals surface area contributed by atoms with E-state index in [4.69, 9.17) is 5.73 Å². The Morgan fingerprint density at radius 2 is 2.20 bits per heavy atom. The summed E-state index contributed by atoms with van der Waals surface area (Å²) in [6, 6.07) is 6.42. The Hall–Kier alpha value is -1.70. The maximum Gasteiger partial charge on any atom is 0.240 e. The molecule has 2 aromatic rings. The van der Waals surface area contributed by atoms with Crippen LogP contribution in [0.4, 0.5) is 0 Å². The number of benzene rings is 1. The lowest BCUT2D eigenvalue weighted by Gasteiger charge is -2.10. The van der Waals surface area contributed by atoms with E-state index in [1.54, 1.807) is 35.2 Å². The van der Waals surface area contributed by atoms with Crippen LogP contribution in [0.1, 0.15) is 24.4 Å². The molecule has 0 amide bonds. The molecule has 0 aliphatic heterocycles. The maximum absolute atomic E-state index is 12.2. The smallest absolute Gasteiger partial charge is 0.240 e. The molecule has 6 nitrogen and oxygen atoms in total. The third-order valence-corrected chi connectivity index (χ3v) is 4.43. The highest BCUT2D eigenvalue weighted by Gasteiger charge is 2.15. The molecule has 108 valence electrons. The molecule has 1 aromatic carbocycles. The number of rotatable bonds is 5. The first-order valence-corrected chi connectivity index (χ1v) is 7.70. The van der Waals surface area contributed by atoms with Crippen LogP contribution in [0.3, 0.4) is 0 Å². The predicted octanol–water partition coefficient (Wildman–Crippen LogP) is 0.918. The minimum atomic E-state index is -3.57. The fraction of sp³-hybridized carbons (Fsp3) is 0.308. The number of aryl methyl sites for hydroxylation is 1. The van der Waals surface area contributed by atoms with Gasteiger partial charge < -0.3 is 10.3 Å². The quantitative estimate of drug-likeness (QED) is 0.858. The molecular weight excluding hydrogens is 276 g/mol. The predicted molar refractivity (Wildman–Crippen MR) is 76.3 cm³/mol. The normalized spacial score (nSPS) is 13.3. The summed E-state index contributed by atoms with van der Waals surface area (Å²) in [4.78, 5) is 4.28. The van der Waals surface area contributed by atoms with Crippen LogP contribution in [0.5, 0.6) is 0 Å². The van der Waals surface area contributed by atoms with Crippen LogP contribution in [0.15, 0.2) is 41.6 Å². The topological polar surface area (TPSA) is 90.0 Å². The summed E-state index contributed by atoms with van der Waals surface area (Å²) in [6.45, 7) is 1.96. The average Bonchev–Trinajstić information content (AvgIpc) is 2.82. The summed E-state index contributed by atoms with van der Waals surface area (Å²) in [5.74, 6) is 0.650. The highest BCUT2D eigenvalue weighted by Crippen LogP contribution is 2.16. The van der Waals surface area contributed by atoms with Gasteiger partial charge in [0.05, 0.1) is 11.4 Å². The number of nitrogens with one attached hydrogen (secondary N) is 1. The number of hydrogen-bond acceptors (Lipinski definition) is 4. The molecule has 0 saturated heterocycles. The Bertz CT molecular complexity index is 692. The van der Waals surface area contributed by atoms with Gasteiger partial charge >= 0.3 is 0 Å². The lowest BCUT2D eigenvalue weighted by atomic mass is 10.1. The second kappa shape index (κ2) is 5.74. The number of nitrogens with zero attached hydrogens (tertiary/aromatic N) is 2. The zero-order valence-corrected chi connectivity index (χ0v) is 12.3. The second-order valence-electron chi connectivity index (χ2n) is 4.64. The van der Waals surface area contributed by atoms with Crippen molar-refractivity contribution in [3.8, 4) is 0 Å². The van der Waals surface area contributed by atoms with Crippen LogP contribution < -0.4 is 10.5 Å². The number of imidazole rings is 1. The monoisotopic (exact) mass is 294 g/mol. The van der Waals surface area contributed by atoms with E-state index in [9.17, 15) is 8.42 Å². The van der Waals surface area contributed by atoms with Gasteiger partial charge in [-0.1, -0.05) is 12.1 Å². The molecule has 1 unspecified atom stereocenters. The van der Waals surface area contributed by atoms with Gasteiger partial charge in [0, 0.05) is 25.5 Å². The summed E-state index contributed by atoms with van der Waals surface area (Å²) in [6.07, 6.45) is 3.39. The number of sulfonamides is 1. The molecule has 0 aliphatic carbocycles. The SMILES string of the molecule is CC(N)c1cccc(S(=O)(=O)NCc2nccn2C)c1. The molecule has 0 fully saturated rings. The highest BCUT2D eigenvalue weighted by atomic mass is 32.2. The second-order valence-corrected chi connectivity index (χ2v) is 6.41. The molecule has 0 bridgehead atoms. The third kappa shape index (κ3) is 3.24. The Labute approximate surface area is 118 Å². The van der Waals surface area contributed by atoms with Crippen molar-refractivity contribution in [1.82, 2.24) is 14.3 Å². The molecule has 0 aliphatic rings. The molecular formula is C13H18N4O2S. The first kappa shape index (κ1) is 14.7. The van der Waals surface area contributed by atoms with E-state index < -0.39 is 10.0 Å². The van der Waals surface area contributed by atoms with Crippen LogP contribution in [-0.2, 0) is 23.6 Å². The van der Waals surface area contributed by atoms with Gasteiger partial charge in [-0.2, -0.15) is 0 Å². The molecule has 0 radical (unpaired) electrons. The molecule has 1 heterocycles. The molecule has 0 spiro atoms. The van der Waals surface area contributed by atoms with Gasteiger partial charge in [0.25, 0.3) is 0 Å². The van der Waals surface area contributed by atoms with Gasteiger partial charge in [0.2, 0.25) is 10.0 Å². The molecule has 7 heteroatoms. The van der Waals surface area contributed by atoms with Crippen molar-refractivity contribution in [2.75, 3.05) is 0 Å². The van der Waals surface area contributed by atoms with Crippen LogP contribution in [0.2, 0.25) is 0 Å². The molecule has 1 aromatic heterocycles. The third-order valence-electron chi connectivity index (χ3n) is 3.04. The van der Waals surface area contributed by atoms with Gasteiger partial charge in [-0.25, -0.2) is 18.1 Å². The lowest BCUT2D eigenvalue weighted by molar-refractivity contribution is 0.577. The van der Waals surface area contributed by atoms with Crippen LogP contribution >= 0.6 is 0 Å². The molecule has 1 atom stereocenters. The largest absolute Gasteiger partial charge is 0.337 e. The molecule has 20 heavy (non-hydrogen) atoms. The first-order chi connectivity index (χ1) is 9.40. The molecule has 2 rings (SSSR count). The van der Waals surface area contributed by atoms with Crippen molar-refractivity contribution < 1.29 is 8.42 Å². The van der Waals surface area contributed by atoms with Crippen LogP contribution in [0, 0.1) is 0 Å². The van der Waals surface area contributed by atoms with Gasteiger partial charge in [0.1, 0.15) is 5.82 Å². The van der Waals surface area contributed by atoms with Crippen LogP contribution in [-0.4, -0.2) is 18.0 Å². The maximum atomic E-state index is 12.2. The fourth-order valence-corrected chi connectivity index (χ4v) is 2.81. The molecule has 3 N–H and O–H groups in total. The van der Waals surface area contributed by atoms with E-state index >= 15 is 0 Å². The van der Waals surface area contributed by atoms with E-state index in [0.717, 1.165) is 5.56 Å². The van der Waals surface area contributed by atoms with Crippen molar-refractivity contribution in [3.63, 3.8) is 0 Å². The zero-order chi connectivity index (χ0) is 14.8. The van der Waals surface area contributed by atoms with E-state index in [1.165, 1.54) is 0 Å². The van der Waals surface area contributed by atoms with Gasteiger partial charge in [0.15, 0.2) is 0 Å². The summed E-state index contributed by atoms with van der Waals surface area (Å²) in [7, 11) is -1.76. The minimum Gasteiger partial charge on any atom is -0.337 e. The Morgan fingerprint density at radius 3 is 2.80 bits per heavy atom. The van der Waals surface area contributed by atoms with Gasteiger partial charge in [-0.3, -0.25) is 0 Å². The van der Waals surface area contributed by atoms with Crippen molar-refractivity contribution >= 4 is 10.0 Å². The Morgan fingerprint density at radius 1 is 1.45 bits per heavy atom. The first-order valence-electron chi connectivity index (χ1n) is 6.21. The number of aromatic nitrogens is 2. The van der Waals surface area contributed by atoms with E-state index in [2.05, 4.69) is 9.71 Å².